The Labute approximate surface area is 153 Å². The number of benzene rings is 2. The van der Waals surface area contributed by atoms with Crippen molar-refractivity contribution in [2.24, 2.45) is 0 Å². The highest BCUT2D eigenvalue weighted by Crippen LogP contribution is 2.26. The highest BCUT2D eigenvalue weighted by Gasteiger charge is 2.09. The lowest BCUT2D eigenvalue weighted by Gasteiger charge is -2.01. The lowest BCUT2D eigenvalue weighted by atomic mass is 10.1. The Balaban J connectivity index is 1.82. The normalized spacial score (nSPS) is 11.1. The Kier molecular flexibility index (Phi) is 5.09. The Morgan fingerprint density at radius 1 is 1.25 bits per heavy atom. The summed E-state index contributed by atoms with van der Waals surface area (Å²) in [5.41, 5.74) is 4.58. The number of halogens is 1. The van der Waals surface area contributed by atoms with Crippen LogP contribution in [0.25, 0.3) is 16.8 Å². The number of anilines is 1. The SMILES string of the molecule is Cc1ccc(-c2csc(/C(C#N)=C/Nc3cccc(Br)c3)n2)cc1. The number of nitrogens with one attached hydrogen (secondary N) is 1. The molecular weight excluding hydrogens is 382 g/mol. The van der Waals surface area contributed by atoms with Gasteiger partial charge in [-0.1, -0.05) is 51.8 Å². The molecule has 0 saturated heterocycles. The largest absolute Gasteiger partial charge is 0.360 e. The molecular formula is C19H14BrN3S. The number of aromatic nitrogens is 1. The smallest absolute Gasteiger partial charge is 0.136 e. The lowest BCUT2D eigenvalue weighted by molar-refractivity contribution is 1.36. The van der Waals surface area contributed by atoms with Crippen LogP contribution < -0.4 is 5.32 Å². The van der Waals surface area contributed by atoms with E-state index in [9.17, 15) is 5.26 Å². The number of nitriles is 1. The molecule has 1 N–H and O–H groups in total. The summed E-state index contributed by atoms with van der Waals surface area (Å²) < 4.78 is 0.982. The van der Waals surface area contributed by atoms with Gasteiger partial charge in [0, 0.05) is 27.3 Å². The molecule has 0 aliphatic heterocycles. The van der Waals surface area contributed by atoms with Crippen molar-refractivity contribution in [2.75, 3.05) is 5.32 Å². The summed E-state index contributed by atoms with van der Waals surface area (Å²) in [7, 11) is 0. The molecule has 118 valence electrons. The quantitative estimate of drug-likeness (QED) is 0.562. The molecule has 0 aliphatic carbocycles. The van der Waals surface area contributed by atoms with Crippen LogP contribution in [0.5, 0.6) is 0 Å². The molecule has 0 fully saturated rings. The highest BCUT2D eigenvalue weighted by atomic mass is 79.9. The molecule has 0 radical (unpaired) electrons. The zero-order chi connectivity index (χ0) is 16.9. The number of nitrogens with zero attached hydrogens (tertiary/aromatic N) is 2. The van der Waals surface area contributed by atoms with Crippen molar-refractivity contribution in [3.8, 4) is 17.3 Å². The van der Waals surface area contributed by atoms with Gasteiger partial charge in [0.25, 0.3) is 0 Å². The van der Waals surface area contributed by atoms with E-state index in [4.69, 9.17) is 0 Å². The van der Waals surface area contributed by atoms with Gasteiger partial charge in [-0.05, 0) is 25.1 Å². The van der Waals surface area contributed by atoms with E-state index in [1.807, 2.05) is 41.8 Å². The predicted molar refractivity (Wildman–Crippen MR) is 104 cm³/mol. The van der Waals surface area contributed by atoms with Gasteiger partial charge in [0.15, 0.2) is 0 Å². The number of hydrogen-bond acceptors (Lipinski definition) is 4. The van der Waals surface area contributed by atoms with Crippen LogP contribution in [0, 0.1) is 18.3 Å². The van der Waals surface area contributed by atoms with Crippen molar-refractivity contribution < 1.29 is 0 Å². The van der Waals surface area contributed by atoms with Gasteiger partial charge >= 0.3 is 0 Å². The van der Waals surface area contributed by atoms with Gasteiger partial charge in [-0.3, -0.25) is 0 Å². The summed E-state index contributed by atoms with van der Waals surface area (Å²) in [5, 5.41) is 15.3. The van der Waals surface area contributed by atoms with E-state index in [1.165, 1.54) is 16.9 Å². The van der Waals surface area contributed by atoms with Gasteiger partial charge in [0.1, 0.15) is 16.6 Å². The minimum atomic E-state index is 0.512. The van der Waals surface area contributed by atoms with Gasteiger partial charge in [-0.2, -0.15) is 5.26 Å². The van der Waals surface area contributed by atoms with Gasteiger partial charge in [-0.25, -0.2) is 4.98 Å². The number of thiazole rings is 1. The second-order valence-corrected chi connectivity index (χ2v) is 7.00. The first-order valence-electron chi connectivity index (χ1n) is 7.31. The summed E-state index contributed by atoms with van der Waals surface area (Å²) in [6.07, 6.45) is 1.69. The second kappa shape index (κ2) is 7.43. The van der Waals surface area contributed by atoms with Crippen molar-refractivity contribution in [3.63, 3.8) is 0 Å². The fourth-order valence-electron chi connectivity index (χ4n) is 2.13. The van der Waals surface area contributed by atoms with E-state index in [0.29, 0.717) is 10.6 Å². The van der Waals surface area contributed by atoms with Crippen LogP contribution in [-0.4, -0.2) is 4.98 Å². The van der Waals surface area contributed by atoms with Crippen LogP contribution in [0.1, 0.15) is 10.6 Å². The standard InChI is InChI=1S/C19H14BrN3S/c1-13-5-7-14(8-6-13)18-12-24-19(23-18)15(10-21)11-22-17-4-2-3-16(20)9-17/h2-9,11-12,22H,1H3/b15-11+. The number of allylic oxidation sites excluding steroid dienone is 1. The Morgan fingerprint density at radius 2 is 2.04 bits per heavy atom. The molecule has 0 bridgehead atoms. The molecule has 3 nitrogen and oxygen atoms in total. The van der Waals surface area contributed by atoms with E-state index >= 15 is 0 Å². The molecule has 0 aliphatic rings. The summed E-state index contributed by atoms with van der Waals surface area (Å²) in [6, 6.07) is 18.2. The van der Waals surface area contributed by atoms with Crippen LogP contribution in [0.2, 0.25) is 0 Å². The van der Waals surface area contributed by atoms with Crippen LogP contribution in [0.15, 0.2) is 64.6 Å². The van der Waals surface area contributed by atoms with E-state index < -0.39 is 0 Å². The third kappa shape index (κ3) is 3.91. The van der Waals surface area contributed by atoms with Crippen molar-refractivity contribution in [1.82, 2.24) is 4.98 Å². The average molecular weight is 396 g/mol. The zero-order valence-electron chi connectivity index (χ0n) is 13.0. The van der Waals surface area contributed by atoms with Crippen molar-refractivity contribution in [3.05, 3.63) is 75.2 Å². The maximum absolute atomic E-state index is 9.43. The molecule has 0 spiro atoms. The molecule has 0 amide bonds. The minimum Gasteiger partial charge on any atom is -0.360 e. The Bertz CT molecular complexity index is 920. The van der Waals surface area contributed by atoms with Crippen LogP contribution in [0.3, 0.4) is 0 Å². The van der Waals surface area contributed by atoms with Crippen molar-refractivity contribution >= 4 is 38.5 Å². The zero-order valence-corrected chi connectivity index (χ0v) is 15.4. The third-order valence-corrected chi connectivity index (χ3v) is 4.78. The molecule has 0 unspecified atom stereocenters. The molecule has 1 aromatic heterocycles. The summed E-state index contributed by atoms with van der Waals surface area (Å²) in [5.74, 6) is 0. The molecule has 0 atom stereocenters. The topological polar surface area (TPSA) is 48.7 Å². The Hall–Kier alpha value is -2.42. The molecule has 0 saturated carbocycles. The van der Waals surface area contributed by atoms with Crippen LogP contribution in [-0.2, 0) is 0 Å². The van der Waals surface area contributed by atoms with E-state index in [0.717, 1.165) is 21.4 Å². The first kappa shape index (κ1) is 16.4. The van der Waals surface area contributed by atoms with Crippen LogP contribution >= 0.6 is 27.3 Å². The first-order valence-corrected chi connectivity index (χ1v) is 8.98. The van der Waals surface area contributed by atoms with Crippen molar-refractivity contribution in [2.45, 2.75) is 6.92 Å². The number of aryl methyl sites for hydroxylation is 1. The molecule has 24 heavy (non-hydrogen) atoms. The minimum absolute atomic E-state index is 0.512. The lowest BCUT2D eigenvalue weighted by Crippen LogP contribution is -1.91. The fourth-order valence-corrected chi connectivity index (χ4v) is 3.32. The predicted octanol–water partition coefficient (Wildman–Crippen LogP) is 5.86. The Morgan fingerprint density at radius 3 is 2.75 bits per heavy atom. The highest BCUT2D eigenvalue weighted by molar-refractivity contribution is 9.10. The summed E-state index contributed by atoms with van der Waals surface area (Å²) in [4.78, 5) is 4.59. The van der Waals surface area contributed by atoms with Gasteiger partial charge in [0.05, 0.1) is 5.69 Å². The first-order chi connectivity index (χ1) is 11.7. The third-order valence-electron chi connectivity index (χ3n) is 3.41. The molecule has 3 aromatic rings. The van der Waals surface area contributed by atoms with Gasteiger partial charge in [-0.15, -0.1) is 11.3 Å². The molecule has 5 heteroatoms. The monoisotopic (exact) mass is 395 g/mol. The number of rotatable bonds is 4. The molecule has 1 heterocycles. The summed E-state index contributed by atoms with van der Waals surface area (Å²) >= 11 is 4.90. The van der Waals surface area contributed by atoms with Crippen LogP contribution in [0.4, 0.5) is 5.69 Å². The van der Waals surface area contributed by atoms with Crippen molar-refractivity contribution in [1.29, 1.82) is 5.26 Å². The molecule has 3 rings (SSSR count). The number of hydrogen-bond donors (Lipinski definition) is 1. The van der Waals surface area contributed by atoms with E-state index in [2.05, 4.69) is 51.4 Å². The fraction of sp³-hybridized carbons (Fsp3) is 0.0526. The van der Waals surface area contributed by atoms with E-state index in [1.54, 1.807) is 6.20 Å². The second-order valence-electron chi connectivity index (χ2n) is 5.23. The van der Waals surface area contributed by atoms with Gasteiger partial charge in [0.2, 0.25) is 0 Å². The van der Waals surface area contributed by atoms with Gasteiger partial charge < -0.3 is 5.32 Å². The maximum Gasteiger partial charge on any atom is 0.136 e. The summed E-state index contributed by atoms with van der Waals surface area (Å²) in [6.45, 7) is 2.06. The molecule has 2 aromatic carbocycles. The maximum atomic E-state index is 9.43. The average Bonchev–Trinajstić information content (AvgIpc) is 3.06. The van der Waals surface area contributed by atoms with E-state index in [-0.39, 0.29) is 0 Å².